The molecule has 1 atom stereocenters. The van der Waals surface area contributed by atoms with Crippen molar-refractivity contribution in [3.05, 3.63) is 35.9 Å². The third kappa shape index (κ3) is 3.74. The lowest BCUT2D eigenvalue weighted by atomic mass is 9.80. The first-order chi connectivity index (χ1) is 11.1. The summed E-state index contributed by atoms with van der Waals surface area (Å²) >= 11 is 0. The summed E-state index contributed by atoms with van der Waals surface area (Å²) in [7, 11) is 0. The fraction of sp³-hybridized carbons (Fsp3) is 0.579. The minimum absolute atomic E-state index is 0.0475. The number of rotatable bonds is 4. The van der Waals surface area contributed by atoms with Crippen LogP contribution in [0.5, 0.6) is 0 Å². The summed E-state index contributed by atoms with van der Waals surface area (Å²) in [5, 5.41) is 3.29. The summed E-state index contributed by atoms with van der Waals surface area (Å²) in [6, 6.07) is 10.4. The van der Waals surface area contributed by atoms with Gasteiger partial charge in [-0.15, -0.1) is 0 Å². The molecule has 4 heteroatoms. The molecule has 0 aromatic heterocycles. The SMILES string of the molecule is CC(=O)N1CC(C(=O)NC(c2ccccc2)C2CCCCC2)C1. The number of hydrogen-bond donors (Lipinski definition) is 1. The first-order valence-corrected chi connectivity index (χ1v) is 8.76. The summed E-state index contributed by atoms with van der Waals surface area (Å²) in [6.45, 7) is 2.68. The molecule has 1 aromatic rings. The van der Waals surface area contributed by atoms with Crippen molar-refractivity contribution in [2.75, 3.05) is 13.1 Å². The molecule has 124 valence electrons. The van der Waals surface area contributed by atoms with Gasteiger partial charge in [-0.2, -0.15) is 0 Å². The number of hydrogen-bond acceptors (Lipinski definition) is 2. The summed E-state index contributed by atoms with van der Waals surface area (Å²) < 4.78 is 0. The van der Waals surface area contributed by atoms with E-state index < -0.39 is 0 Å². The van der Waals surface area contributed by atoms with Crippen LogP contribution in [0.25, 0.3) is 0 Å². The predicted octanol–water partition coefficient (Wildman–Crippen LogP) is 2.90. The Morgan fingerprint density at radius 1 is 1.09 bits per heavy atom. The first kappa shape index (κ1) is 16.0. The molecule has 0 radical (unpaired) electrons. The van der Waals surface area contributed by atoms with Crippen molar-refractivity contribution in [2.24, 2.45) is 11.8 Å². The van der Waals surface area contributed by atoms with Gasteiger partial charge in [-0.1, -0.05) is 49.6 Å². The number of benzene rings is 1. The molecule has 1 heterocycles. The molecule has 3 rings (SSSR count). The van der Waals surface area contributed by atoms with E-state index in [0.29, 0.717) is 19.0 Å². The van der Waals surface area contributed by atoms with E-state index in [1.54, 1.807) is 11.8 Å². The second-order valence-electron chi connectivity index (χ2n) is 6.92. The fourth-order valence-electron chi connectivity index (χ4n) is 3.77. The lowest BCUT2D eigenvalue weighted by Gasteiger charge is -2.39. The maximum atomic E-state index is 12.6. The van der Waals surface area contributed by atoms with E-state index in [2.05, 4.69) is 17.4 Å². The summed E-state index contributed by atoms with van der Waals surface area (Å²) in [5.41, 5.74) is 1.20. The molecule has 1 saturated heterocycles. The average molecular weight is 314 g/mol. The Morgan fingerprint density at radius 3 is 2.35 bits per heavy atom. The number of carbonyl (C=O) groups excluding carboxylic acids is 2. The van der Waals surface area contributed by atoms with Crippen molar-refractivity contribution in [2.45, 2.75) is 45.1 Å². The third-order valence-electron chi connectivity index (χ3n) is 5.28. The van der Waals surface area contributed by atoms with Crippen LogP contribution < -0.4 is 5.32 Å². The Hall–Kier alpha value is -1.84. The van der Waals surface area contributed by atoms with Gasteiger partial charge in [-0.3, -0.25) is 9.59 Å². The van der Waals surface area contributed by atoms with Crippen molar-refractivity contribution < 1.29 is 9.59 Å². The van der Waals surface area contributed by atoms with E-state index in [4.69, 9.17) is 0 Å². The highest BCUT2D eigenvalue weighted by Crippen LogP contribution is 2.34. The molecule has 1 aromatic carbocycles. The standard InChI is InChI=1S/C19H26N2O2/c1-14(22)21-12-17(13-21)19(23)20-18(15-8-4-2-5-9-15)16-10-6-3-7-11-16/h2,4-5,8-9,16-18H,3,6-7,10-13H2,1H3,(H,20,23). The molecular weight excluding hydrogens is 288 g/mol. The monoisotopic (exact) mass is 314 g/mol. The van der Waals surface area contributed by atoms with Crippen LogP contribution in [0.15, 0.2) is 30.3 Å². The predicted molar refractivity (Wildman–Crippen MR) is 89.6 cm³/mol. The third-order valence-corrected chi connectivity index (χ3v) is 5.28. The second-order valence-corrected chi connectivity index (χ2v) is 6.92. The summed E-state index contributed by atoms with van der Waals surface area (Å²) in [4.78, 5) is 25.6. The van der Waals surface area contributed by atoms with Crippen LogP contribution in [-0.4, -0.2) is 29.8 Å². The van der Waals surface area contributed by atoms with Crippen LogP contribution >= 0.6 is 0 Å². The molecule has 2 aliphatic rings. The Bertz CT molecular complexity index is 546. The van der Waals surface area contributed by atoms with E-state index >= 15 is 0 Å². The molecule has 2 amide bonds. The largest absolute Gasteiger partial charge is 0.349 e. The number of nitrogens with one attached hydrogen (secondary N) is 1. The number of carbonyl (C=O) groups is 2. The maximum absolute atomic E-state index is 12.6. The molecule has 4 nitrogen and oxygen atoms in total. The van der Waals surface area contributed by atoms with Gasteiger partial charge in [0.1, 0.15) is 0 Å². The van der Waals surface area contributed by atoms with Gasteiger partial charge in [-0.05, 0) is 24.3 Å². The average Bonchev–Trinajstić information content (AvgIpc) is 2.52. The quantitative estimate of drug-likeness (QED) is 0.929. The van der Waals surface area contributed by atoms with Gasteiger partial charge in [-0.25, -0.2) is 0 Å². The second kappa shape index (κ2) is 7.16. The van der Waals surface area contributed by atoms with Gasteiger partial charge in [0.25, 0.3) is 0 Å². The zero-order chi connectivity index (χ0) is 16.2. The van der Waals surface area contributed by atoms with Crippen LogP contribution in [0.1, 0.15) is 50.6 Å². The maximum Gasteiger partial charge on any atom is 0.227 e. The molecule has 0 bridgehead atoms. The van der Waals surface area contributed by atoms with Gasteiger partial charge < -0.3 is 10.2 Å². The normalized spacial score (nSPS) is 20.7. The Balaban J connectivity index is 1.66. The van der Waals surface area contributed by atoms with Gasteiger partial charge >= 0.3 is 0 Å². The minimum Gasteiger partial charge on any atom is -0.349 e. The number of likely N-dealkylation sites (tertiary alicyclic amines) is 1. The van der Waals surface area contributed by atoms with Crippen molar-refractivity contribution in [3.63, 3.8) is 0 Å². The highest BCUT2D eigenvalue weighted by atomic mass is 16.2. The fourth-order valence-corrected chi connectivity index (χ4v) is 3.77. The van der Waals surface area contributed by atoms with E-state index in [-0.39, 0.29) is 23.8 Å². The molecule has 1 aliphatic carbocycles. The molecular formula is C19H26N2O2. The summed E-state index contributed by atoms with van der Waals surface area (Å²) in [5.74, 6) is 0.635. The lowest BCUT2D eigenvalue weighted by molar-refractivity contribution is -0.141. The van der Waals surface area contributed by atoms with Crippen molar-refractivity contribution in [1.29, 1.82) is 0 Å². The zero-order valence-electron chi connectivity index (χ0n) is 13.8. The Kier molecular flexibility index (Phi) is 4.99. The Morgan fingerprint density at radius 2 is 1.74 bits per heavy atom. The van der Waals surface area contributed by atoms with Crippen molar-refractivity contribution in [1.82, 2.24) is 10.2 Å². The van der Waals surface area contributed by atoms with Gasteiger partial charge in [0, 0.05) is 20.0 Å². The van der Waals surface area contributed by atoms with E-state index in [1.807, 2.05) is 18.2 Å². The lowest BCUT2D eigenvalue weighted by Crippen LogP contribution is -2.55. The molecule has 2 fully saturated rings. The molecule has 1 aliphatic heterocycles. The van der Waals surface area contributed by atoms with E-state index in [1.165, 1.54) is 37.7 Å². The zero-order valence-corrected chi connectivity index (χ0v) is 13.8. The van der Waals surface area contributed by atoms with Crippen LogP contribution in [-0.2, 0) is 9.59 Å². The van der Waals surface area contributed by atoms with Gasteiger partial charge in [0.15, 0.2) is 0 Å². The number of nitrogens with zero attached hydrogens (tertiary/aromatic N) is 1. The Labute approximate surface area is 138 Å². The van der Waals surface area contributed by atoms with Crippen molar-refractivity contribution >= 4 is 11.8 Å². The highest BCUT2D eigenvalue weighted by Gasteiger charge is 2.36. The van der Waals surface area contributed by atoms with Crippen molar-refractivity contribution in [3.8, 4) is 0 Å². The smallest absolute Gasteiger partial charge is 0.227 e. The van der Waals surface area contributed by atoms with Crippen LogP contribution in [0.4, 0.5) is 0 Å². The topological polar surface area (TPSA) is 49.4 Å². The van der Waals surface area contributed by atoms with Gasteiger partial charge in [0.05, 0.1) is 12.0 Å². The molecule has 1 saturated carbocycles. The van der Waals surface area contributed by atoms with Crippen LogP contribution in [0.2, 0.25) is 0 Å². The van der Waals surface area contributed by atoms with Crippen LogP contribution in [0.3, 0.4) is 0 Å². The minimum atomic E-state index is -0.0475. The van der Waals surface area contributed by atoms with Crippen LogP contribution in [0, 0.1) is 11.8 Å². The van der Waals surface area contributed by atoms with Gasteiger partial charge in [0.2, 0.25) is 11.8 Å². The molecule has 1 N–H and O–H groups in total. The summed E-state index contributed by atoms with van der Waals surface area (Å²) in [6.07, 6.45) is 6.19. The molecule has 0 spiro atoms. The highest BCUT2D eigenvalue weighted by molar-refractivity contribution is 5.84. The number of amides is 2. The van der Waals surface area contributed by atoms with E-state index in [9.17, 15) is 9.59 Å². The van der Waals surface area contributed by atoms with E-state index in [0.717, 1.165) is 0 Å². The first-order valence-electron chi connectivity index (χ1n) is 8.76. The molecule has 23 heavy (non-hydrogen) atoms. The molecule has 1 unspecified atom stereocenters.